The highest BCUT2D eigenvalue weighted by Gasteiger charge is 2.09. The largest absolute Gasteiger partial charge is 0.274 e. The van der Waals surface area contributed by atoms with Crippen molar-refractivity contribution in [3.8, 4) is 0 Å². The van der Waals surface area contributed by atoms with Crippen LogP contribution in [0.25, 0.3) is 10.9 Å². The van der Waals surface area contributed by atoms with Crippen LogP contribution in [0.4, 0.5) is 5.00 Å². The van der Waals surface area contributed by atoms with E-state index in [9.17, 15) is 0 Å². The van der Waals surface area contributed by atoms with E-state index in [1.165, 1.54) is 5.00 Å². The minimum atomic E-state index is 0.792. The molecule has 0 saturated carbocycles. The van der Waals surface area contributed by atoms with Crippen molar-refractivity contribution in [2.75, 3.05) is 12.1 Å². The van der Waals surface area contributed by atoms with Gasteiger partial charge in [0.1, 0.15) is 5.00 Å². The Kier molecular flexibility index (Phi) is 2.57. The summed E-state index contributed by atoms with van der Waals surface area (Å²) in [6, 6.07) is 12.2. The zero-order valence-electron chi connectivity index (χ0n) is 9.30. The molecule has 3 aromatic rings. The third-order valence-corrected chi connectivity index (χ3v) is 4.07. The standard InChI is InChI=1S/C13H11ClN2S/c1-15(13-6-3-9-17-13)16-8-7-10-11(14)4-2-5-12(10)16/h2-9H,1H3. The normalized spacial score (nSPS) is 10.9. The maximum atomic E-state index is 6.17. The SMILES string of the molecule is CN(c1cccs1)n1ccc2c(Cl)cccc21. The molecule has 0 saturated heterocycles. The highest BCUT2D eigenvalue weighted by atomic mass is 35.5. The number of aromatic nitrogens is 1. The van der Waals surface area contributed by atoms with Gasteiger partial charge in [-0.15, -0.1) is 11.3 Å². The lowest BCUT2D eigenvalue weighted by Gasteiger charge is -2.19. The molecule has 0 N–H and O–H groups in total. The Bertz CT molecular complexity index is 643. The highest BCUT2D eigenvalue weighted by Crippen LogP contribution is 2.27. The second kappa shape index (κ2) is 4.09. The first-order chi connectivity index (χ1) is 8.27. The summed E-state index contributed by atoms with van der Waals surface area (Å²) in [5.74, 6) is 0. The minimum absolute atomic E-state index is 0.792. The van der Waals surface area contributed by atoms with Crippen molar-refractivity contribution in [3.63, 3.8) is 0 Å². The monoisotopic (exact) mass is 262 g/mol. The molecular formula is C13H11ClN2S. The van der Waals surface area contributed by atoms with E-state index in [1.807, 2.05) is 31.4 Å². The van der Waals surface area contributed by atoms with Crippen LogP contribution < -0.4 is 5.01 Å². The van der Waals surface area contributed by atoms with E-state index < -0.39 is 0 Å². The van der Waals surface area contributed by atoms with Crippen molar-refractivity contribution in [2.24, 2.45) is 0 Å². The highest BCUT2D eigenvalue weighted by molar-refractivity contribution is 7.14. The Morgan fingerprint density at radius 1 is 1.18 bits per heavy atom. The summed E-state index contributed by atoms with van der Waals surface area (Å²) in [7, 11) is 2.05. The number of halogens is 1. The number of anilines is 1. The Labute approximate surface area is 109 Å². The molecular weight excluding hydrogens is 252 g/mol. The molecule has 17 heavy (non-hydrogen) atoms. The average molecular weight is 263 g/mol. The summed E-state index contributed by atoms with van der Waals surface area (Å²) < 4.78 is 2.10. The van der Waals surface area contributed by atoms with E-state index in [4.69, 9.17) is 11.6 Å². The first-order valence-electron chi connectivity index (χ1n) is 5.30. The first-order valence-corrected chi connectivity index (χ1v) is 6.56. The number of nitrogens with zero attached hydrogens (tertiary/aromatic N) is 2. The van der Waals surface area contributed by atoms with Gasteiger partial charge in [0.05, 0.1) is 10.5 Å². The van der Waals surface area contributed by atoms with E-state index in [-0.39, 0.29) is 0 Å². The van der Waals surface area contributed by atoms with Crippen LogP contribution >= 0.6 is 22.9 Å². The Morgan fingerprint density at radius 3 is 2.82 bits per heavy atom. The van der Waals surface area contributed by atoms with Gasteiger partial charge in [0.2, 0.25) is 0 Å². The van der Waals surface area contributed by atoms with Crippen LogP contribution in [0.15, 0.2) is 48.0 Å². The number of benzene rings is 1. The Hall–Kier alpha value is -1.45. The molecule has 0 radical (unpaired) electrons. The lowest BCUT2D eigenvalue weighted by molar-refractivity contribution is 0.817. The molecule has 2 heterocycles. The fraction of sp³-hybridized carbons (Fsp3) is 0.0769. The van der Waals surface area contributed by atoms with E-state index in [0.29, 0.717) is 0 Å². The summed E-state index contributed by atoms with van der Waals surface area (Å²) in [6.45, 7) is 0. The van der Waals surface area contributed by atoms with Gasteiger partial charge in [0.15, 0.2) is 0 Å². The number of fused-ring (bicyclic) bond motifs is 1. The molecule has 4 heteroatoms. The van der Waals surface area contributed by atoms with Crippen molar-refractivity contribution in [1.82, 2.24) is 4.68 Å². The van der Waals surface area contributed by atoms with Crippen LogP contribution in [0.3, 0.4) is 0 Å². The molecule has 0 aliphatic carbocycles. The molecule has 0 amide bonds. The molecule has 2 aromatic heterocycles. The average Bonchev–Trinajstić information content (AvgIpc) is 2.98. The molecule has 0 fully saturated rings. The zero-order valence-corrected chi connectivity index (χ0v) is 10.9. The van der Waals surface area contributed by atoms with Gasteiger partial charge in [-0.05, 0) is 35.7 Å². The van der Waals surface area contributed by atoms with Gasteiger partial charge in [0.25, 0.3) is 0 Å². The van der Waals surface area contributed by atoms with Crippen molar-refractivity contribution >= 4 is 38.8 Å². The van der Waals surface area contributed by atoms with E-state index in [1.54, 1.807) is 11.3 Å². The molecule has 0 spiro atoms. The third kappa shape index (κ3) is 1.72. The molecule has 86 valence electrons. The molecule has 0 aliphatic rings. The molecule has 0 atom stereocenters. The minimum Gasteiger partial charge on any atom is -0.274 e. The zero-order chi connectivity index (χ0) is 11.8. The van der Waals surface area contributed by atoms with Crippen LogP contribution in [-0.2, 0) is 0 Å². The van der Waals surface area contributed by atoms with Gasteiger partial charge in [0, 0.05) is 18.6 Å². The van der Waals surface area contributed by atoms with Crippen LogP contribution in [0, 0.1) is 0 Å². The Morgan fingerprint density at radius 2 is 2.06 bits per heavy atom. The molecule has 0 unspecified atom stereocenters. The van der Waals surface area contributed by atoms with Gasteiger partial charge in [-0.2, -0.15) is 0 Å². The van der Waals surface area contributed by atoms with Gasteiger partial charge < -0.3 is 0 Å². The predicted molar refractivity (Wildman–Crippen MR) is 75.1 cm³/mol. The lowest BCUT2D eigenvalue weighted by Crippen LogP contribution is -2.22. The quantitative estimate of drug-likeness (QED) is 0.670. The van der Waals surface area contributed by atoms with Crippen LogP contribution in [0.2, 0.25) is 5.02 Å². The van der Waals surface area contributed by atoms with Gasteiger partial charge in [-0.1, -0.05) is 17.7 Å². The summed E-state index contributed by atoms with van der Waals surface area (Å²) in [5.41, 5.74) is 1.12. The number of thiophene rings is 1. The van der Waals surface area contributed by atoms with Crippen molar-refractivity contribution in [3.05, 3.63) is 53.0 Å². The number of hydrogen-bond acceptors (Lipinski definition) is 2. The lowest BCUT2D eigenvalue weighted by atomic mass is 10.2. The molecule has 1 aromatic carbocycles. The molecule has 0 aliphatic heterocycles. The smallest absolute Gasteiger partial charge is 0.110 e. The predicted octanol–water partition coefficient (Wildman–Crippen LogP) is 4.26. The first kappa shape index (κ1) is 10.7. The van der Waals surface area contributed by atoms with Crippen LogP contribution in [0.5, 0.6) is 0 Å². The Balaban J connectivity index is 2.15. The van der Waals surface area contributed by atoms with E-state index >= 15 is 0 Å². The summed E-state index contributed by atoms with van der Waals surface area (Å²) in [5, 5.41) is 7.26. The van der Waals surface area contributed by atoms with Crippen molar-refractivity contribution in [1.29, 1.82) is 0 Å². The number of rotatable bonds is 2. The second-order valence-corrected chi connectivity index (χ2v) is 5.14. The third-order valence-electron chi connectivity index (χ3n) is 2.81. The summed E-state index contributed by atoms with van der Waals surface area (Å²) >= 11 is 7.88. The number of hydrogen-bond donors (Lipinski definition) is 0. The van der Waals surface area contributed by atoms with Gasteiger partial charge >= 0.3 is 0 Å². The molecule has 2 nitrogen and oxygen atoms in total. The van der Waals surface area contributed by atoms with Crippen molar-refractivity contribution < 1.29 is 0 Å². The molecule has 3 rings (SSSR count). The maximum Gasteiger partial charge on any atom is 0.110 e. The fourth-order valence-electron chi connectivity index (χ4n) is 1.94. The van der Waals surface area contributed by atoms with Gasteiger partial charge in [-0.25, -0.2) is 0 Å². The fourth-order valence-corrected chi connectivity index (χ4v) is 2.86. The summed E-state index contributed by atoms with van der Waals surface area (Å²) in [6.07, 6.45) is 2.04. The van der Waals surface area contributed by atoms with Crippen LogP contribution in [0.1, 0.15) is 0 Å². The van der Waals surface area contributed by atoms with E-state index in [0.717, 1.165) is 15.9 Å². The van der Waals surface area contributed by atoms with Crippen LogP contribution in [-0.4, -0.2) is 11.7 Å². The van der Waals surface area contributed by atoms with Crippen molar-refractivity contribution in [2.45, 2.75) is 0 Å². The maximum absolute atomic E-state index is 6.17. The topological polar surface area (TPSA) is 8.17 Å². The molecule has 0 bridgehead atoms. The van der Waals surface area contributed by atoms with E-state index in [2.05, 4.69) is 33.3 Å². The van der Waals surface area contributed by atoms with Gasteiger partial charge in [-0.3, -0.25) is 9.69 Å². The second-order valence-electron chi connectivity index (χ2n) is 3.81. The summed E-state index contributed by atoms with van der Waals surface area (Å²) in [4.78, 5) is 0.